The van der Waals surface area contributed by atoms with Gasteiger partial charge in [0.1, 0.15) is 12.6 Å². The Morgan fingerprint density at radius 3 is 2.25 bits per heavy atom. The summed E-state index contributed by atoms with van der Waals surface area (Å²) in [7, 11) is -3.99. The van der Waals surface area contributed by atoms with Gasteiger partial charge >= 0.3 is 0 Å². The Morgan fingerprint density at radius 1 is 0.925 bits per heavy atom. The van der Waals surface area contributed by atoms with E-state index in [9.17, 15) is 18.0 Å². The van der Waals surface area contributed by atoms with E-state index in [1.165, 1.54) is 23.1 Å². The molecule has 0 saturated heterocycles. The van der Waals surface area contributed by atoms with Crippen molar-refractivity contribution in [3.63, 3.8) is 0 Å². The summed E-state index contributed by atoms with van der Waals surface area (Å²) in [4.78, 5) is 28.9. The maximum atomic E-state index is 14.1. The van der Waals surface area contributed by atoms with E-state index in [4.69, 9.17) is 46.4 Å². The number of benzene rings is 3. The number of anilines is 1. The second-order valence-electron chi connectivity index (χ2n) is 9.10. The Bertz CT molecular complexity index is 1460. The molecule has 7 nitrogen and oxygen atoms in total. The summed E-state index contributed by atoms with van der Waals surface area (Å²) in [5.74, 6) is -1.02. The van der Waals surface area contributed by atoms with Crippen molar-refractivity contribution < 1.29 is 18.0 Å². The maximum Gasteiger partial charge on any atom is 0.244 e. The zero-order valence-corrected chi connectivity index (χ0v) is 25.8. The van der Waals surface area contributed by atoms with Crippen LogP contribution < -0.4 is 9.62 Å². The largest absolute Gasteiger partial charge is 0.354 e. The molecule has 0 aromatic heterocycles. The first-order valence-electron chi connectivity index (χ1n) is 12.4. The summed E-state index contributed by atoms with van der Waals surface area (Å²) in [6.07, 6.45) is 1.84. The quantitative estimate of drug-likeness (QED) is 0.253. The molecule has 0 aliphatic heterocycles. The third kappa shape index (κ3) is 8.51. The minimum Gasteiger partial charge on any atom is -0.354 e. The minimum atomic E-state index is -3.99. The number of sulfonamides is 1. The monoisotopic (exact) mass is 643 g/mol. The van der Waals surface area contributed by atoms with Gasteiger partial charge in [-0.2, -0.15) is 0 Å². The van der Waals surface area contributed by atoms with Crippen molar-refractivity contribution in [2.45, 2.75) is 32.4 Å². The van der Waals surface area contributed by atoms with E-state index in [0.717, 1.165) is 16.1 Å². The zero-order chi connectivity index (χ0) is 29.4. The lowest BCUT2D eigenvalue weighted by Crippen LogP contribution is -2.53. The summed E-state index contributed by atoms with van der Waals surface area (Å²) >= 11 is 25.0. The SMILES string of the molecule is CCCNC(=O)C(Cc1ccccc1)N(Cc1ccc(Cl)cc1Cl)C(=O)CN(c1cccc(Cl)c1Cl)S(C)(=O)=O. The van der Waals surface area contributed by atoms with Crippen LogP contribution in [0.4, 0.5) is 5.69 Å². The Morgan fingerprint density at radius 2 is 1.62 bits per heavy atom. The summed E-state index contributed by atoms with van der Waals surface area (Å²) < 4.78 is 26.6. The van der Waals surface area contributed by atoms with Gasteiger partial charge in [0.05, 0.1) is 22.0 Å². The maximum absolute atomic E-state index is 14.1. The molecular weight excluding hydrogens is 616 g/mol. The fourth-order valence-corrected chi connectivity index (χ4v) is 5.80. The number of hydrogen-bond donors (Lipinski definition) is 1. The van der Waals surface area contributed by atoms with Gasteiger partial charge in [-0.25, -0.2) is 8.42 Å². The predicted molar refractivity (Wildman–Crippen MR) is 163 cm³/mol. The highest BCUT2D eigenvalue weighted by molar-refractivity contribution is 7.92. The standard InChI is InChI=1S/C28H29Cl4N3O4S/c1-3-14-33-28(37)25(15-19-8-5-4-6-9-19)34(17-20-12-13-21(29)16-23(20)31)26(36)18-35(40(2,38)39)24-11-7-10-22(30)27(24)32/h4-13,16,25H,3,14-15,17-18H2,1-2H3,(H,33,37). The van der Waals surface area contributed by atoms with Gasteiger partial charge in [-0.3, -0.25) is 13.9 Å². The van der Waals surface area contributed by atoms with Crippen molar-refractivity contribution in [3.8, 4) is 0 Å². The summed E-state index contributed by atoms with van der Waals surface area (Å²) in [6, 6.07) is 17.6. The van der Waals surface area contributed by atoms with Gasteiger partial charge in [0.2, 0.25) is 21.8 Å². The Labute approximate surface area is 255 Å². The van der Waals surface area contributed by atoms with Crippen LogP contribution in [-0.4, -0.2) is 50.5 Å². The molecule has 1 atom stereocenters. The Kier molecular flexibility index (Phi) is 11.5. The van der Waals surface area contributed by atoms with Crippen molar-refractivity contribution >= 4 is 73.9 Å². The molecular formula is C28H29Cl4N3O4S. The van der Waals surface area contributed by atoms with E-state index < -0.39 is 28.5 Å². The first-order chi connectivity index (χ1) is 18.9. The third-order valence-corrected chi connectivity index (χ3v) is 8.58. The number of hydrogen-bond acceptors (Lipinski definition) is 4. The molecule has 0 fully saturated rings. The molecule has 40 heavy (non-hydrogen) atoms. The van der Waals surface area contributed by atoms with Gasteiger partial charge in [0.15, 0.2) is 0 Å². The van der Waals surface area contributed by atoms with Crippen LogP contribution in [0.2, 0.25) is 20.1 Å². The molecule has 3 rings (SSSR count). The molecule has 0 spiro atoms. The van der Waals surface area contributed by atoms with Crippen LogP contribution >= 0.6 is 46.4 Å². The van der Waals surface area contributed by atoms with Crippen LogP contribution in [0.3, 0.4) is 0 Å². The summed E-state index contributed by atoms with van der Waals surface area (Å²) in [5.41, 5.74) is 1.40. The van der Waals surface area contributed by atoms with Crippen molar-refractivity contribution in [1.29, 1.82) is 0 Å². The lowest BCUT2D eigenvalue weighted by molar-refractivity contribution is -0.140. The third-order valence-electron chi connectivity index (χ3n) is 6.06. The number of halogens is 4. The lowest BCUT2D eigenvalue weighted by atomic mass is 10.0. The molecule has 0 saturated carbocycles. The normalized spacial score (nSPS) is 12.1. The first-order valence-corrected chi connectivity index (χ1v) is 15.7. The fraction of sp³-hybridized carbons (Fsp3) is 0.286. The molecule has 0 aliphatic carbocycles. The number of rotatable bonds is 12. The number of carbonyl (C=O) groups is 2. The molecule has 0 heterocycles. The van der Waals surface area contributed by atoms with Crippen molar-refractivity contribution in [2.24, 2.45) is 0 Å². The van der Waals surface area contributed by atoms with Gasteiger partial charge in [-0.15, -0.1) is 0 Å². The topological polar surface area (TPSA) is 86.8 Å². The smallest absolute Gasteiger partial charge is 0.244 e. The van der Waals surface area contributed by atoms with Crippen molar-refractivity contribution in [3.05, 3.63) is 97.9 Å². The van der Waals surface area contributed by atoms with E-state index in [0.29, 0.717) is 28.6 Å². The fourth-order valence-electron chi connectivity index (χ4n) is 4.03. The highest BCUT2D eigenvalue weighted by Crippen LogP contribution is 2.34. The average Bonchev–Trinajstić information content (AvgIpc) is 2.90. The van der Waals surface area contributed by atoms with Crippen LogP contribution in [0.1, 0.15) is 24.5 Å². The molecule has 0 aliphatic rings. The minimum absolute atomic E-state index is 0.0174. The van der Waals surface area contributed by atoms with Crippen LogP contribution in [-0.2, 0) is 32.6 Å². The van der Waals surface area contributed by atoms with E-state index >= 15 is 0 Å². The lowest BCUT2D eigenvalue weighted by Gasteiger charge is -2.34. The van der Waals surface area contributed by atoms with Crippen LogP contribution in [0.25, 0.3) is 0 Å². The predicted octanol–water partition coefficient (Wildman–Crippen LogP) is 6.23. The highest BCUT2D eigenvalue weighted by Gasteiger charge is 2.34. The molecule has 0 radical (unpaired) electrons. The summed E-state index contributed by atoms with van der Waals surface area (Å²) in [5, 5.41) is 3.70. The summed E-state index contributed by atoms with van der Waals surface area (Å²) in [6.45, 7) is 1.62. The van der Waals surface area contributed by atoms with Crippen LogP contribution in [0, 0.1) is 0 Å². The first kappa shape index (κ1) is 32.0. The molecule has 0 bridgehead atoms. The van der Waals surface area contributed by atoms with Crippen molar-refractivity contribution in [2.75, 3.05) is 23.7 Å². The molecule has 1 N–H and O–H groups in total. The van der Waals surface area contributed by atoms with E-state index in [1.54, 1.807) is 18.2 Å². The number of nitrogens with one attached hydrogen (secondary N) is 1. The van der Waals surface area contributed by atoms with E-state index in [1.807, 2.05) is 37.3 Å². The molecule has 12 heteroatoms. The number of carbonyl (C=O) groups excluding carboxylic acids is 2. The van der Waals surface area contributed by atoms with Crippen molar-refractivity contribution in [1.82, 2.24) is 10.2 Å². The number of nitrogens with zero attached hydrogens (tertiary/aromatic N) is 2. The molecule has 3 aromatic carbocycles. The second-order valence-corrected chi connectivity index (χ2v) is 12.6. The average molecular weight is 645 g/mol. The highest BCUT2D eigenvalue weighted by atomic mass is 35.5. The molecule has 214 valence electrons. The zero-order valence-electron chi connectivity index (χ0n) is 21.9. The van der Waals surface area contributed by atoms with Crippen LogP contribution in [0.5, 0.6) is 0 Å². The molecule has 1 unspecified atom stereocenters. The molecule has 2 amide bonds. The second kappa shape index (κ2) is 14.4. The van der Waals surface area contributed by atoms with Gasteiger partial charge in [-0.1, -0.05) is 95.8 Å². The van der Waals surface area contributed by atoms with Gasteiger partial charge in [-0.05, 0) is 41.8 Å². The van der Waals surface area contributed by atoms with Gasteiger partial charge in [0, 0.05) is 29.6 Å². The van der Waals surface area contributed by atoms with Gasteiger partial charge in [0.25, 0.3) is 0 Å². The van der Waals surface area contributed by atoms with Gasteiger partial charge < -0.3 is 10.2 Å². The number of amides is 2. The Hall–Kier alpha value is -2.49. The van der Waals surface area contributed by atoms with Crippen LogP contribution in [0.15, 0.2) is 66.7 Å². The molecule has 3 aromatic rings. The van der Waals surface area contributed by atoms with E-state index in [2.05, 4.69) is 5.32 Å². The van der Waals surface area contributed by atoms with E-state index in [-0.39, 0.29) is 34.6 Å². The Balaban J connectivity index is 2.10.